The van der Waals surface area contributed by atoms with Crippen LogP contribution in [0.2, 0.25) is 0 Å². The van der Waals surface area contributed by atoms with E-state index >= 15 is 0 Å². The molecular weight excluding hydrogens is 308 g/mol. The molecule has 0 unspecified atom stereocenters. The van der Waals surface area contributed by atoms with Gasteiger partial charge in [-0.1, -0.05) is 36.4 Å². The molecule has 0 aliphatic rings. The van der Waals surface area contributed by atoms with Gasteiger partial charge in [0.15, 0.2) is 0 Å². The summed E-state index contributed by atoms with van der Waals surface area (Å²) >= 11 is 3.20. The fourth-order valence-electron chi connectivity index (χ4n) is 1.67. The highest BCUT2D eigenvalue weighted by Gasteiger charge is 2.10. The van der Waals surface area contributed by atoms with Gasteiger partial charge in [-0.25, -0.2) is 4.79 Å². The van der Waals surface area contributed by atoms with Crippen LogP contribution in [0.5, 0.6) is 5.75 Å². The summed E-state index contributed by atoms with van der Waals surface area (Å²) in [6.07, 6.45) is 1.57. The molecule has 0 heterocycles. The van der Waals surface area contributed by atoms with Crippen molar-refractivity contribution in [2.45, 2.75) is 0 Å². The smallest absolute Gasteiger partial charge is 0.336 e. The van der Waals surface area contributed by atoms with Crippen molar-refractivity contribution in [3.05, 3.63) is 64.1 Å². The summed E-state index contributed by atoms with van der Waals surface area (Å²) in [5.74, 6) is -0.871. The maximum atomic E-state index is 11.3. The first-order chi connectivity index (χ1) is 9.08. The van der Waals surface area contributed by atoms with Gasteiger partial charge in [0, 0.05) is 0 Å². The van der Waals surface area contributed by atoms with Crippen LogP contribution >= 0.6 is 15.9 Å². The molecule has 19 heavy (non-hydrogen) atoms. The van der Waals surface area contributed by atoms with Crippen molar-refractivity contribution in [3.8, 4) is 5.75 Å². The number of halogens is 1. The molecular formula is C15H11BrO3. The number of carboxylic acids is 1. The predicted octanol–water partition coefficient (Wildman–Crippen LogP) is 3.78. The van der Waals surface area contributed by atoms with Gasteiger partial charge in [0.25, 0.3) is 0 Å². The van der Waals surface area contributed by atoms with Crippen LogP contribution < -0.4 is 0 Å². The number of hydrogen-bond donors (Lipinski definition) is 2. The van der Waals surface area contributed by atoms with Gasteiger partial charge in [-0.05, 0) is 45.3 Å². The Morgan fingerprint density at radius 1 is 1.11 bits per heavy atom. The van der Waals surface area contributed by atoms with Crippen molar-refractivity contribution in [1.82, 2.24) is 0 Å². The molecule has 2 rings (SSSR count). The minimum absolute atomic E-state index is 0.119. The Morgan fingerprint density at radius 3 is 2.37 bits per heavy atom. The molecule has 0 spiro atoms. The Hall–Kier alpha value is -2.07. The molecule has 3 nitrogen and oxygen atoms in total. The molecule has 0 bridgehead atoms. The maximum absolute atomic E-state index is 11.3. The largest absolute Gasteiger partial charge is 0.507 e. The molecule has 0 aliphatic heterocycles. The van der Waals surface area contributed by atoms with E-state index < -0.39 is 5.97 Å². The topological polar surface area (TPSA) is 57.5 Å². The van der Waals surface area contributed by atoms with Crippen molar-refractivity contribution in [3.63, 3.8) is 0 Å². The van der Waals surface area contributed by atoms with E-state index in [1.165, 1.54) is 6.07 Å². The number of hydrogen-bond acceptors (Lipinski definition) is 2. The second-order valence-corrected chi connectivity index (χ2v) is 4.79. The molecule has 2 aromatic rings. The van der Waals surface area contributed by atoms with Crippen molar-refractivity contribution in [1.29, 1.82) is 0 Å². The molecule has 0 radical (unpaired) electrons. The number of phenolic OH excluding ortho intramolecular Hbond substituents is 1. The second-order valence-electron chi connectivity index (χ2n) is 3.94. The average Bonchev–Trinajstić information content (AvgIpc) is 2.40. The summed E-state index contributed by atoms with van der Waals surface area (Å²) in [7, 11) is 0. The Balaban J connectivity index is 2.47. The van der Waals surface area contributed by atoms with E-state index in [0.717, 1.165) is 0 Å². The Bertz CT molecular complexity index is 633. The van der Waals surface area contributed by atoms with E-state index in [0.29, 0.717) is 15.6 Å². The predicted molar refractivity (Wildman–Crippen MR) is 77.8 cm³/mol. The molecule has 0 atom stereocenters. The summed E-state index contributed by atoms with van der Waals surface area (Å²) in [4.78, 5) is 11.3. The number of aliphatic carboxylic acids is 1. The standard InChI is InChI=1S/C15H11BrO3/c16-13-9-10(6-7-14(13)17)8-12(15(18)19)11-4-2-1-3-5-11/h1-9,17H,(H,18,19)/b12-8-. The molecule has 0 amide bonds. The molecule has 0 aliphatic carbocycles. The number of rotatable bonds is 3. The number of benzene rings is 2. The summed E-state index contributed by atoms with van der Waals surface area (Å²) in [5, 5.41) is 18.7. The van der Waals surface area contributed by atoms with Crippen LogP contribution in [0.3, 0.4) is 0 Å². The van der Waals surface area contributed by atoms with Crippen LogP contribution in [0, 0.1) is 0 Å². The van der Waals surface area contributed by atoms with Gasteiger partial charge in [-0.15, -0.1) is 0 Å². The lowest BCUT2D eigenvalue weighted by atomic mass is 10.0. The fraction of sp³-hybridized carbons (Fsp3) is 0. The normalized spacial score (nSPS) is 11.3. The molecule has 96 valence electrons. The summed E-state index contributed by atoms with van der Waals surface area (Å²) in [6.45, 7) is 0. The second kappa shape index (κ2) is 5.71. The molecule has 2 aromatic carbocycles. The molecule has 0 aromatic heterocycles. The summed E-state index contributed by atoms with van der Waals surface area (Å²) in [5.41, 5.74) is 1.54. The van der Waals surface area contributed by atoms with Gasteiger partial charge in [0.1, 0.15) is 5.75 Å². The number of carboxylic acid groups (broad SMARTS) is 1. The molecule has 0 saturated heterocycles. The summed E-state index contributed by atoms with van der Waals surface area (Å²) in [6, 6.07) is 13.7. The molecule has 0 saturated carbocycles. The first-order valence-corrected chi connectivity index (χ1v) is 6.36. The van der Waals surface area contributed by atoms with E-state index in [4.69, 9.17) is 0 Å². The quantitative estimate of drug-likeness (QED) is 0.669. The third-order valence-corrected chi connectivity index (χ3v) is 3.23. The van der Waals surface area contributed by atoms with Crippen molar-refractivity contribution < 1.29 is 15.0 Å². The van der Waals surface area contributed by atoms with Crippen LogP contribution in [0.4, 0.5) is 0 Å². The van der Waals surface area contributed by atoms with Crippen LogP contribution in [-0.4, -0.2) is 16.2 Å². The van der Waals surface area contributed by atoms with Crippen molar-refractivity contribution in [2.75, 3.05) is 0 Å². The van der Waals surface area contributed by atoms with Gasteiger partial charge in [0.2, 0.25) is 0 Å². The monoisotopic (exact) mass is 318 g/mol. The van der Waals surface area contributed by atoms with Gasteiger partial charge in [-0.3, -0.25) is 0 Å². The number of carbonyl (C=O) groups is 1. The lowest BCUT2D eigenvalue weighted by Gasteiger charge is -2.04. The van der Waals surface area contributed by atoms with Crippen molar-refractivity contribution >= 4 is 33.5 Å². The summed E-state index contributed by atoms with van der Waals surface area (Å²) < 4.78 is 0.527. The van der Waals surface area contributed by atoms with Crippen LogP contribution in [0.25, 0.3) is 11.6 Å². The third-order valence-electron chi connectivity index (χ3n) is 2.60. The zero-order valence-corrected chi connectivity index (χ0v) is 11.5. The highest BCUT2D eigenvalue weighted by atomic mass is 79.9. The molecule has 4 heteroatoms. The van der Waals surface area contributed by atoms with Crippen LogP contribution in [0.15, 0.2) is 53.0 Å². The van der Waals surface area contributed by atoms with E-state index in [9.17, 15) is 15.0 Å². The Labute approximate surface area is 119 Å². The minimum atomic E-state index is -0.990. The minimum Gasteiger partial charge on any atom is -0.507 e. The van der Waals surface area contributed by atoms with E-state index in [1.54, 1.807) is 42.5 Å². The average molecular weight is 319 g/mol. The highest BCUT2D eigenvalue weighted by Crippen LogP contribution is 2.26. The van der Waals surface area contributed by atoms with Gasteiger partial charge in [0.05, 0.1) is 10.0 Å². The first-order valence-electron chi connectivity index (χ1n) is 5.57. The third kappa shape index (κ3) is 3.23. The van der Waals surface area contributed by atoms with Gasteiger partial charge in [-0.2, -0.15) is 0 Å². The molecule has 2 N–H and O–H groups in total. The van der Waals surface area contributed by atoms with E-state index in [2.05, 4.69) is 15.9 Å². The fourth-order valence-corrected chi connectivity index (χ4v) is 2.06. The highest BCUT2D eigenvalue weighted by molar-refractivity contribution is 9.10. The first kappa shape index (κ1) is 13.4. The van der Waals surface area contributed by atoms with E-state index in [-0.39, 0.29) is 11.3 Å². The Morgan fingerprint density at radius 2 is 1.79 bits per heavy atom. The van der Waals surface area contributed by atoms with Gasteiger partial charge < -0.3 is 10.2 Å². The number of phenols is 1. The lowest BCUT2D eigenvalue weighted by molar-refractivity contribution is -0.130. The van der Waals surface area contributed by atoms with E-state index in [1.807, 2.05) is 6.07 Å². The lowest BCUT2D eigenvalue weighted by Crippen LogP contribution is -1.99. The SMILES string of the molecule is O=C(O)/C(=C\c1ccc(O)c(Br)c1)c1ccccc1. The molecule has 0 fully saturated rings. The zero-order chi connectivity index (χ0) is 13.8. The number of aromatic hydroxyl groups is 1. The van der Waals surface area contributed by atoms with Crippen LogP contribution in [0.1, 0.15) is 11.1 Å². The van der Waals surface area contributed by atoms with Crippen LogP contribution in [-0.2, 0) is 4.79 Å². The zero-order valence-electron chi connectivity index (χ0n) is 9.88. The Kier molecular flexibility index (Phi) is 4.02. The van der Waals surface area contributed by atoms with Crippen molar-refractivity contribution in [2.24, 2.45) is 0 Å². The maximum Gasteiger partial charge on any atom is 0.336 e. The van der Waals surface area contributed by atoms with Gasteiger partial charge >= 0.3 is 5.97 Å².